The fraction of sp³-hybridized carbons (Fsp3) is 0.556. The topological polar surface area (TPSA) is 101 Å². The highest BCUT2D eigenvalue weighted by atomic mass is 32.2. The summed E-state index contributed by atoms with van der Waals surface area (Å²) in [6.45, 7) is -0.187. The van der Waals surface area contributed by atoms with Gasteiger partial charge in [0.2, 0.25) is 16.0 Å². The van der Waals surface area contributed by atoms with Crippen LogP contribution < -0.4 is 15.4 Å². The zero-order chi connectivity index (χ0) is 15.6. The Kier molecular flexibility index (Phi) is 4.76. The van der Waals surface area contributed by atoms with E-state index in [4.69, 9.17) is 5.14 Å². The van der Waals surface area contributed by atoms with Gasteiger partial charge in [0.1, 0.15) is 5.82 Å². The van der Waals surface area contributed by atoms with Crippen LogP contribution in [0.4, 0.5) is 24.9 Å². The Morgan fingerprint density at radius 1 is 1.35 bits per heavy atom. The first kappa shape index (κ1) is 16.4. The van der Waals surface area contributed by atoms with Crippen LogP contribution in [0.1, 0.15) is 5.69 Å². The maximum atomic E-state index is 12.7. The van der Waals surface area contributed by atoms with Crippen LogP contribution in [0.2, 0.25) is 0 Å². The van der Waals surface area contributed by atoms with Crippen LogP contribution >= 0.6 is 0 Å². The summed E-state index contributed by atoms with van der Waals surface area (Å²) in [6.07, 6.45) is -4.62. The lowest BCUT2D eigenvalue weighted by atomic mass is 10.3. The summed E-state index contributed by atoms with van der Waals surface area (Å²) < 4.78 is 59.5. The molecule has 7 nitrogen and oxygen atoms in total. The molecule has 0 saturated heterocycles. The number of halogens is 3. The molecule has 1 rings (SSSR count). The molecule has 3 N–H and O–H groups in total. The standard InChI is InChI=1S/C9H14F3N5O2S/c1-17(2)7-5-6(9(10,11)12)15-8(16-7)14-3-4-20(13,18)19/h5H,3-4H2,1-2H3,(H2,13,18,19)(H,14,15,16). The predicted octanol–water partition coefficient (Wildman–Crippen LogP) is 0.262. The lowest BCUT2D eigenvalue weighted by molar-refractivity contribution is -0.141. The Bertz CT molecular complexity index is 573. The fourth-order valence-electron chi connectivity index (χ4n) is 1.19. The predicted molar refractivity (Wildman–Crippen MR) is 67.8 cm³/mol. The van der Waals surface area contributed by atoms with E-state index in [1.165, 1.54) is 19.0 Å². The van der Waals surface area contributed by atoms with Crippen molar-refractivity contribution >= 4 is 21.8 Å². The molecule has 0 radical (unpaired) electrons. The third-order valence-corrected chi connectivity index (χ3v) is 2.90. The molecule has 0 aliphatic carbocycles. The Labute approximate surface area is 114 Å². The van der Waals surface area contributed by atoms with Crippen molar-refractivity contribution in [3.63, 3.8) is 0 Å². The van der Waals surface area contributed by atoms with Crippen LogP contribution in [0.25, 0.3) is 0 Å². The first-order valence-corrected chi connectivity index (χ1v) is 7.08. The number of nitrogens with two attached hydrogens (primary N) is 1. The van der Waals surface area contributed by atoms with Crippen LogP contribution in [-0.4, -0.2) is 44.8 Å². The number of alkyl halides is 3. The van der Waals surface area contributed by atoms with Gasteiger partial charge in [0.05, 0.1) is 5.75 Å². The maximum Gasteiger partial charge on any atom is 0.433 e. The second-order valence-electron chi connectivity index (χ2n) is 4.12. The molecule has 0 saturated carbocycles. The van der Waals surface area contributed by atoms with Crippen molar-refractivity contribution < 1.29 is 21.6 Å². The molecule has 1 aromatic rings. The second kappa shape index (κ2) is 5.79. The largest absolute Gasteiger partial charge is 0.433 e. The number of sulfonamides is 1. The van der Waals surface area contributed by atoms with Crippen LogP contribution in [-0.2, 0) is 16.2 Å². The second-order valence-corrected chi connectivity index (χ2v) is 5.85. The smallest absolute Gasteiger partial charge is 0.363 e. The molecule has 0 fully saturated rings. The summed E-state index contributed by atoms with van der Waals surface area (Å²) in [7, 11) is -0.661. The molecule has 1 aromatic heterocycles. The highest BCUT2D eigenvalue weighted by molar-refractivity contribution is 7.89. The molecule has 20 heavy (non-hydrogen) atoms. The average molecular weight is 313 g/mol. The van der Waals surface area contributed by atoms with Crippen molar-refractivity contribution in [1.29, 1.82) is 0 Å². The number of hydrogen-bond donors (Lipinski definition) is 2. The van der Waals surface area contributed by atoms with Crippen molar-refractivity contribution in [3.05, 3.63) is 11.8 Å². The molecule has 0 spiro atoms. The zero-order valence-electron chi connectivity index (χ0n) is 10.8. The lowest BCUT2D eigenvalue weighted by Gasteiger charge is -2.15. The molecule has 0 amide bonds. The summed E-state index contributed by atoms with van der Waals surface area (Å²) in [6, 6.07) is 0.796. The van der Waals surface area contributed by atoms with Crippen LogP contribution in [0.5, 0.6) is 0 Å². The molecule has 0 aliphatic rings. The molecule has 0 atom stereocenters. The number of nitrogens with zero attached hydrogens (tertiary/aromatic N) is 3. The molecule has 0 bridgehead atoms. The van der Waals surface area contributed by atoms with E-state index in [0.717, 1.165) is 6.07 Å². The number of hydrogen-bond acceptors (Lipinski definition) is 6. The van der Waals surface area contributed by atoms with Gasteiger partial charge in [0, 0.05) is 26.7 Å². The Hall–Kier alpha value is -1.62. The quantitative estimate of drug-likeness (QED) is 0.809. The summed E-state index contributed by atoms with van der Waals surface area (Å²) >= 11 is 0. The molecule has 0 aromatic carbocycles. The molecule has 0 unspecified atom stereocenters. The minimum Gasteiger partial charge on any atom is -0.363 e. The molecule has 0 aliphatic heterocycles. The highest BCUT2D eigenvalue weighted by Gasteiger charge is 2.34. The summed E-state index contributed by atoms with van der Waals surface area (Å²) in [4.78, 5) is 8.51. The van der Waals surface area contributed by atoms with E-state index in [-0.39, 0.29) is 18.3 Å². The third kappa shape index (κ3) is 5.17. The lowest BCUT2D eigenvalue weighted by Crippen LogP contribution is -2.24. The summed E-state index contributed by atoms with van der Waals surface area (Å²) in [5.74, 6) is -0.707. The van der Waals surface area contributed by atoms with Gasteiger partial charge < -0.3 is 10.2 Å². The first-order chi connectivity index (χ1) is 8.99. The van der Waals surface area contributed by atoms with Crippen molar-refractivity contribution in [2.45, 2.75) is 6.18 Å². The van der Waals surface area contributed by atoms with E-state index in [1.807, 2.05) is 0 Å². The van der Waals surface area contributed by atoms with Crippen LogP contribution in [0.15, 0.2) is 6.07 Å². The fourth-order valence-corrected chi connectivity index (χ4v) is 1.58. The maximum absolute atomic E-state index is 12.7. The van der Waals surface area contributed by atoms with Crippen molar-refractivity contribution in [2.24, 2.45) is 5.14 Å². The highest BCUT2D eigenvalue weighted by Crippen LogP contribution is 2.30. The van der Waals surface area contributed by atoms with Gasteiger partial charge in [0.25, 0.3) is 0 Å². The average Bonchev–Trinajstić information content (AvgIpc) is 2.25. The number of rotatable bonds is 5. The van der Waals surface area contributed by atoms with E-state index in [9.17, 15) is 21.6 Å². The molecule has 114 valence electrons. The Balaban J connectivity index is 2.98. The van der Waals surface area contributed by atoms with E-state index < -0.39 is 27.6 Å². The minimum atomic E-state index is -4.62. The first-order valence-electron chi connectivity index (χ1n) is 5.37. The molecule has 1 heterocycles. The van der Waals surface area contributed by atoms with E-state index in [2.05, 4.69) is 15.3 Å². The van der Waals surface area contributed by atoms with Gasteiger partial charge >= 0.3 is 6.18 Å². The summed E-state index contributed by atoms with van der Waals surface area (Å²) in [5, 5.41) is 7.18. The number of aromatic nitrogens is 2. The van der Waals surface area contributed by atoms with Crippen molar-refractivity contribution in [1.82, 2.24) is 9.97 Å². The van der Waals surface area contributed by atoms with Gasteiger partial charge in [-0.3, -0.25) is 0 Å². The monoisotopic (exact) mass is 313 g/mol. The SMILES string of the molecule is CN(C)c1cc(C(F)(F)F)nc(NCCS(N)(=O)=O)n1. The normalized spacial score (nSPS) is 12.3. The van der Waals surface area contributed by atoms with Crippen LogP contribution in [0.3, 0.4) is 0 Å². The number of nitrogens with one attached hydrogen (secondary N) is 1. The van der Waals surface area contributed by atoms with Crippen LogP contribution in [0, 0.1) is 0 Å². The Morgan fingerprint density at radius 2 is 1.95 bits per heavy atom. The Morgan fingerprint density at radius 3 is 2.40 bits per heavy atom. The van der Waals surface area contributed by atoms with Gasteiger partial charge in [-0.15, -0.1) is 0 Å². The third-order valence-electron chi connectivity index (χ3n) is 2.13. The van der Waals surface area contributed by atoms with Gasteiger partial charge in [0.15, 0.2) is 5.69 Å². The van der Waals surface area contributed by atoms with E-state index in [0.29, 0.717) is 0 Å². The van der Waals surface area contributed by atoms with Gasteiger partial charge in [-0.05, 0) is 0 Å². The molecular formula is C9H14F3N5O2S. The van der Waals surface area contributed by atoms with E-state index in [1.54, 1.807) is 0 Å². The van der Waals surface area contributed by atoms with Crippen molar-refractivity contribution in [3.8, 4) is 0 Å². The van der Waals surface area contributed by atoms with Gasteiger partial charge in [-0.1, -0.05) is 0 Å². The number of primary sulfonamides is 1. The molecular weight excluding hydrogens is 299 g/mol. The van der Waals surface area contributed by atoms with Gasteiger partial charge in [-0.2, -0.15) is 18.2 Å². The summed E-state index contributed by atoms with van der Waals surface area (Å²) in [5.41, 5.74) is -1.12. The minimum absolute atomic E-state index is 0.0467. The number of anilines is 2. The van der Waals surface area contributed by atoms with Gasteiger partial charge in [-0.25, -0.2) is 18.5 Å². The molecule has 11 heteroatoms. The zero-order valence-corrected chi connectivity index (χ0v) is 11.6. The van der Waals surface area contributed by atoms with E-state index >= 15 is 0 Å². The van der Waals surface area contributed by atoms with Crippen molar-refractivity contribution in [2.75, 3.05) is 36.6 Å².